The average molecular weight is 421 g/mol. The van der Waals surface area contributed by atoms with Gasteiger partial charge in [0.1, 0.15) is 18.1 Å². The summed E-state index contributed by atoms with van der Waals surface area (Å²) in [6.07, 6.45) is 1.10. The Hall–Kier alpha value is -2.58. The number of carbonyl (C=O) groups is 1. The van der Waals surface area contributed by atoms with Gasteiger partial charge in [-0.25, -0.2) is 8.42 Å². The number of ether oxygens (including phenoxy) is 2. The van der Waals surface area contributed by atoms with E-state index in [4.69, 9.17) is 9.47 Å². The molecule has 0 saturated heterocycles. The van der Waals surface area contributed by atoms with E-state index < -0.39 is 10.0 Å². The van der Waals surface area contributed by atoms with Gasteiger partial charge in [0, 0.05) is 6.54 Å². The highest BCUT2D eigenvalue weighted by Gasteiger charge is 2.21. The van der Waals surface area contributed by atoms with Gasteiger partial charge in [0.05, 0.1) is 26.0 Å². The molecule has 0 fully saturated rings. The molecule has 2 aromatic carbocycles. The van der Waals surface area contributed by atoms with Gasteiger partial charge in [-0.15, -0.1) is 0 Å². The molecule has 7 nitrogen and oxygen atoms in total. The lowest BCUT2D eigenvalue weighted by molar-refractivity contribution is -0.122. The van der Waals surface area contributed by atoms with Gasteiger partial charge in [0.15, 0.2) is 0 Å². The zero-order valence-corrected chi connectivity index (χ0v) is 18.0. The van der Waals surface area contributed by atoms with Crippen LogP contribution in [0.25, 0.3) is 0 Å². The van der Waals surface area contributed by atoms with Crippen molar-refractivity contribution in [3.8, 4) is 11.5 Å². The number of rotatable bonds is 10. The van der Waals surface area contributed by atoms with Crippen molar-refractivity contribution in [2.75, 3.05) is 26.5 Å². The molecule has 0 heterocycles. The third-order valence-corrected chi connectivity index (χ3v) is 5.43. The van der Waals surface area contributed by atoms with E-state index >= 15 is 0 Å². The number of amides is 1. The monoisotopic (exact) mass is 420 g/mol. The summed E-state index contributed by atoms with van der Waals surface area (Å²) in [5.41, 5.74) is 1.91. The van der Waals surface area contributed by atoms with E-state index in [1.54, 1.807) is 38.3 Å². The minimum atomic E-state index is -3.54. The highest BCUT2D eigenvalue weighted by Crippen LogP contribution is 2.17. The van der Waals surface area contributed by atoms with Gasteiger partial charge in [-0.3, -0.25) is 4.79 Å². The Morgan fingerprint density at radius 1 is 1.07 bits per heavy atom. The molecule has 29 heavy (non-hydrogen) atoms. The quantitative estimate of drug-likeness (QED) is 0.638. The van der Waals surface area contributed by atoms with Crippen LogP contribution in [0.15, 0.2) is 48.5 Å². The molecule has 0 unspecified atom stereocenters. The molecule has 2 aromatic rings. The third kappa shape index (κ3) is 7.75. The standard InChI is InChI=1S/C21H28N2O5S/c1-16-5-7-18(8-6-16)13-23(29(4,25)26)14-21(24)22-17(2)15-28-20-11-9-19(27-3)10-12-20/h5-12,17H,13-15H2,1-4H3,(H,22,24)/t17-/m1/s1. The number of hydrogen-bond acceptors (Lipinski definition) is 5. The normalized spacial score (nSPS) is 12.4. The first-order valence-electron chi connectivity index (χ1n) is 9.24. The lowest BCUT2D eigenvalue weighted by Gasteiger charge is -2.21. The second kappa shape index (κ2) is 10.3. The van der Waals surface area contributed by atoms with Crippen LogP contribution in [-0.2, 0) is 21.4 Å². The largest absolute Gasteiger partial charge is 0.497 e. The number of methoxy groups -OCH3 is 1. The summed E-state index contributed by atoms with van der Waals surface area (Å²) >= 11 is 0. The van der Waals surface area contributed by atoms with E-state index in [-0.39, 0.29) is 31.6 Å². The Labute approximate surface area is 172 Å². The SMILES string of the molecule is COc1ccc(OC[C@@H](C)NC(=O)CN(Cc2ccc(C)cc2)S(C)(=O)=O)cc1. The first-order chi connectivity index (χ1) is 13.7. The Morgan fingerprint density at radius 3 is 2.21 bits per heavy atom. The second-order valence-electron chi connectivity index (χ2n) is 6.97. The molecule has 0 aliphatic carbocycles. The molecule has 0 aliphatic heterocycles. The summed E-state index contributed by atoms with van der Waals surface area (Å²) in [7, 11) is -1.95. The Bertz CT molecular complexity index is 896. The zero-order chi connectivity index (χ0) is 21.4. The molecule has 8 heteroatoms. The Balaban J connectivity index is 1.88. The van der Waals surface area contributed by atoms with Crippen molar-refractivity contribution in [3.05, 3.63) is 59.7 Å². The van der Waals surface area contributed by atoms with Gasteiger partial charge >= 0.3 is 0 Å². The molecule has 158 valence electrons. The van der Waals surface area contributed by atoms with E-state index in [0.29, 0.717) is 5.75 Å². The van der Waals surface area contributed by atoms with Crippen molar-refractivity contribution < 1.29 is 22.7 Å². The van der Waals surface area contributed by atoms with Crippen molar-refractivity contribution >= 4 is 15.9 Å². The number of benzene rings is 2. The number of carbonyl (C=O) groups excluding carboxylic acids is 1. The maximum absolute atomic E-state index is 12.4. The fraction of sp³-hybridized carbons (Fsp3) is 0.381. The van der Waals surface area contributed by atoms with E-state index in [1.807, 2.05) is 31.2 Å². The summed E-state index contributed by atoms with van der Waals surface area (Å²) in [5.74, 6) is 1.01. The minimum absolute atomic E-state index is 0.142. The fourth-order valence-corrected chi connectivity index (χ4v) is 3.34. The topological polar surface area (TPSA) is 84.9 Å². The minimum Gasteiger partial charge on any atom is -0.497 e. The molecule has 0 saturated carbocycles. The van der Waals surface area contributed by atoms with E-state index in [2.05, 4.69) is 5.32 Å². The molecular weight excluding hydrogens is 392 g/mol. The second-order valence-corrected chi connectivity index (χ2v) is 8.95. The van der Waals surface area contributed by atoms with Crippen LogP contribution in [0.2, 0.25) is 0 Å². The molecule has 2 rings (SSSR count). The van der Waals surface area contributed by atoms with Gasteiger partial charge in [-0.2, -0.15) is 4.31 Å². The average Bonchev–Trinajstić information content (AvgIpc) is 2.67. The summed E-state index contributed by atoms with van der Waals surface area (Å²) < 4.78 is 36.1. The van der Waals surface area contributed by atoms with E-state index in [9.17, 15) is 13.2 Å². The van der Waals surface area contributed by atoms with Crippen LogP contribution in [0.5, 0.6) is 11.5 Å². The maximum atomic E-state index is 12.4. The van der Waals surface area contributed by atoms with E-state index in [0.717, 1.165) is 27.4 Å². The Morgan fingerprint density at radius 2 is 1.66 bits per heavy atom. The van der Waals surface area contributed by atoms with E-state index in [1.165, 1.54) is 0 Å². The molecule has 0 radical (unpaired) electrons. The lowest BCUT2D eigenvalue weighted by Crippen LogP contribution is -2.44. The number of nitrogens with zero attached hydrogens (tertiary/aromatic N) is 1. The highest BCUT2D eigenvalue weighted by atomic mass is 32.2. The fourth-order valence-electron chi connectivity index (χ4n) is 2.60. The van der Waals surface area contributed by atoms with Crippen molar-refractivity contribution in [3.63, 3.8) is 0 Å². The van der Waals surface area contributed by atoms with Gasteiger partial charge in [-0.1, -0.05) is 29.8 Å². The van der Waals surface area contributed by atoms with Gasteiger partial charge < -0.3 is 14.8 Å². The predicted molar refractivity (Wildman–Crippen MR) is 113 cm³/mol. The number of nitrogens with one attached hydrogen (secondary N) is 1. The molecule has 0 spiro atoms. The van der Waals surface area contributed by atoms with Crippen LogP contribution in [0, 0.1) is 6.92 Å². The molecule has 1 amide bonds. The van der Waals surface area contributed by atoms with Crippen LogP contribution in [0.1, 0.15) is 18.1 Å². The van der Waals surface area contributed by atoms with Gasteiger partial charge in [0.25, 0.3) is 0 Å². The summed E-state index contributed by atoms with van der Waals surface area (Å²) in [6, 6.07) is 14.4. The predicted octanol–water partition coefficient (Wildman–Crippen LogP) is 2.35. The first-order valence-corrected chi connectivity index (χ1v) is 11.1. The molecule has 0 bridgehead atoms. The van der Waals surface area contributed by atoms with Crippen LogP contribution in [-0.4, -0.2) is 51.2 Å². The van der Waals surface area contributed by atoms with Crippen molar-refractivity contribution in [2.24, 2.45) is 0 Å². The molecule has 0 aromatic heterocycles. The maximum Gasteiger partial charge on any atom is 0.235 e. The van der Waals surface area contributed by atoms with Gasteiger partial charge in [-0.05, 0) is 43.7 Å². The summed E-state index contributed by atoms with van der Waals surface area (Å²) in [5, 5.41) is 2.78. The number of sulfonamides is 1. The molecule has 1 N–H and O–H groups in total. The summed E-state index contributed by atoms with van der Waals surface area (Å²) in [6.45, 7) is 3.91. The molecule has 1 atom stereocenters. The van der Waals surface area contributed by atoms with Crippen molar-refractivity contribution in [1.29, 1.82) is 0 Å². The van der Waals surface area contributed by atoms with Crippen molar-refractivity contribution in [1.82, 2.24) is 9.62 Å². The smallest absolute Gasteiger partial charge is 0.235 e. The third-order valence-electron chi connectivity index (χ3n) is 4.24. The summed E-state index contributed by atoms with van der Waals surface area (Å²) in [4.78, 5) is 12.4. The van der Waals surface area contributed by atoms with Crippen molar-refractivity contribution in [2.45, 2.75) is 26.4 Å². The lowest BCUT2D eigenvalue weighted by atomic mass is 10.1. The molecule has 0 aliphatic rings. The van der Waals surface area contributed by atoms with Crippen LogP contribution < -0.4 is 14.8 Å². The number of hydrogen-bond donors (Lipinski definition) is 1. The van der Waals surface area contributed by atoms with Gasteiger partial charge in [0.2, 0.25) is 15.9 Å². The first kappa shape index (κ1) is 22.7. The molecular formula is C21H28N2O5S. The van der Waals surface area contributed by atoms with Crippen LogP contribution >= 0.6 is 0 Å². The number of aryl methyl sites for hydroxylation is 1. The Kier molecular flexibility index (Phi) is 8.04. The zero-order valence-electron chi connectivity index (χ0n) is 17.2. The highest BCUT2D eigenvalue weighted by molar-refractivity contribution is 7.88. The van der Waals surface area contributed by atoms with Crippen LogP contribution in [0.3, 0.4) is 0 Å². The van der Waals surface area contributed by atoms with Crippen LogP contribution in [0.4, 0.5) is 0 Å².